The Balaban J connectivity index is 2.20. The molecule has 1 aliphatic carbocycles. The van der Waals surface area contributed by atoms with Crippen LogP contribution in [-0.4, -0.2) is 17.6 Å². The summed E-state index contributed by atoms with van der Waals surface area (Å²) in [5.74, 6) is 0.608. The minimum atomic E-state index is 0.0764. The molecule has 0 bridgehead atoms. The summed E-state index contributed by atoms with van der Waals surface area (Å²) >= 11 is 0. The van der Waals surface area contributed by atoms with E-state index in [-0.39, 0.29) is 6.10 Å². The van der Waals surface area contributed by atoms with Crippen molar-refractivity contribution in [3.8, 4) is 0 Å². The van der Waals surface area contributed by atoms with Crippen LogP contribution in [0.25, 0.3) is 0 Å². The molecule has 0 aromatic heterocycles. The molecule has 2 atom stereocenters. The first-order chi connectivity index (χ1) is 4.77. The standard InChI is InChI=1S/C7H9NO2/c1-4-6-2-5(9)3-7(6)10-8-4/h6-7H,2-3H2,1H3/t6-,7-/m1/s1. The second kappa shape index (κ2) is 1.81. The maximum atomic E-state index is 10.9. The lowest BCUT2D eigenvalue weighted by Crippen LogP contribution is -2.13. The van der Waals surface area contributed by atoms with Crippen molar-refractivity contribution in [3.63, 3.8) is 0 Å². The Morgan fingerprint density at radius 3 is 3.10 bits per heavy atom. The van der Waals surface area contributed by atoms with Crippen LogP contribution in [0.15, 0.2) is 5.16 Å². The van der Waals surface area contributed by atoms with Gasteiger partial charge in [-0.05, 0) is 6.92 Å². The minimum Gasteiger partial charge on any atom is -0.391 e. The Morgan fingerprint density at radius 1 is 1.60 bits per heavy atom. The van der Waals surface area contributed by atoms with Crippen LogP contribution in [0.4, 0.5) is 0 Å². The Hall–Kier alpha value is -0.860. The first-order valence-electron chi connectivity index (χ1n) is 3.49. The van der Waals surface area contributed by atoms with Crippen LogP contribution < -0.4 is 0 Å². The summed E-state index contributed by atoms with van der Waals surface area (Å²) in [5, 5.41) is 3.82. The van der Waals surface area contributed by atoms with Gasteiger partial charge in [-0.3, -0.25) is 4.79 Å². The summed E-state index contributed by atoms with van der Waals surface area (Å²) in [4.78, 5) is 15.9. The van der Waals surface area contributed by atoms with Gasteiger partial charge in [0.05, 0.1) is 5.71 Å². The van der Waals surface area contributed by atoms with Crippen molar-refractivity contribution in [1.82, 2.24) is 0 Å². The van der Waals surface area contributed by atoms with Gasteiger partial charge < -0.3 is 4.84 Å². The highest BCUT2D eigenvalue weighted by molar-refractivity contribution is 5.94. The highest BCUT2D eigenvalue weighted by Crippen LogP contribution is 2.31. The molecule has 0 radical (unpaired) electrons. The van der Waals surface area contributed by atoms with E-state index in [2.05, 4.69) is 5.16 Å². The zero-order chi connectivity index (χ0) is 7.14. The molecule has 0 unspecified atom stereocenters. The second-order valence-electron chi connectivity index (χ2n) is 2.93. The van der Waals surface area contributed by atoms with Crippen LogP contribution in [0.2, 0.25) is 0 Å². The summed E-state index contributed by atoms with van der Waals surface area (Å²) in [7, 11) is 0. The first kappa shape index (κ1) is 5.89. The fourth-order valence-electron chi connectivity index (χ4n) is 1.57. The number of Topliss-reactive ketones (excluding diaryl/α,β-unsaturated/α-hetero) is 1. The van der Waals surface area contributed by atoms with E-state index in [1.54, 1.807) is 0 Å². The van der Waals surface area contributed by atoms with Gasteiger partial charge in [0.2, 0.25) is 0 Å². The van der Waals surface area contributed by atoms with Crippen LogP contribution in [0.5, 0.6) is 0 Å². The predicted molar refractivity (Wildman–Crippen MR) is 35.7 cm³/mol. The van der Waals surface area contributed by atoms with E-state index in [0.717, 1.165) is 5.71 Å². The van der Waals surface area contributed by atoms with Crippen LogP contribution >= 0.6 is 0 Å². The molecule has 1 heterocycles. The average Bonchev–Trinajstić information content (AvgIpc) is 2.35. The molecular formula is C7H9NO2. The zero-order valence-electron chi connectivity index (χ0n) is 5.83. The van der Waals surface area contributed by atoms with Gasteiger partial charge in [0.25, 0.3) is 0 Å². The fraction of sp³-hybridized carbons (Fsp3) is 0.714. The van der Waals surface area contributed by atoms with Crippen LogP contribution in [-0.2, 0) is 9.63 Å². The lowest BCUT2D eigenvalue weighted by molar-refractivity contribution is -0.118. The van der Waals surface area contributed by atoms with Crippen molar-refractivity contribution in [1.29, 1.82) is 0 Å². The van der Waals surface area contributed by atoms with E-state index in [1.165, 1.54) is 0 Å². The van der Waals surface area contributed by atoms with Gasteiger partial charge in [0.1, 0.15) is 11.9 Å². The Morgan fingerprint density at radius 2 is 2.40 bits per heavy atom. The van der Waals surface area contributed by atoms with Crippen LogP contribution in [0, 0.1) is 5.92 Å². The van der Waals surface area contributed by atoms with Crippen molar-refractivity contribution in [2.45, 2.75) is 25.9 Å². The smallest absolute Gasteiger partial charge is 0.142 e. The third kappa shape index (κ3) is 0.664. The molecule has 0 amide bonds. The molecule has 0 saturated heterocycles. The van der Waals surface area contributed by atoms with Crippen molar-refractivity contribution < 1.29 is 9.63 Å². The molecule has 2 rings (SSSR count). The molecule has 0 aromatic rings. The van der Waals surface area contributed by atoms with Gasteiger partial charge in [0, 0.05) is 18.8 Å². The topological polar surface area (TPSA) is 38.7 Å². The predicted octanol–water partition coefficient (Wildman–Crippen LogP) is 0.740. The Kier molecular flexibility index (Phi) is 1.07. The fourth-order valence-corrected chi connectivity index (χ4v) is 1.57. The van der Waals surface area contributed by atoms with E-state index in [1.807, 2.05) is 6.92 Å². The Bertz CT molecular complexity index is 210. The van der Waals surface area contributed by atoms with Crippen molar-refractivity contribution in [2.75, 3.05) is 0 Å². The third-order valence-electron chi connectivity index (χ3n) is 2.19. The molecule has 10 heavy (non-hydrogen) atoms. The molecule has 0 spiro atoms. The van der Waals surface area contributed by atoms with E-state index < -0.39 is 0 Å². The maximum absolute atomic E-state index is 10.9. The molecular weight excluding hydrogens is 130 g/mol. The largest absolute Gasteiger partial charge is 0.391 e. The van der Waals surface area contributed by atoms with Gasteiger partial charge in [0.15, 0.2) is 0 Å². The summed E-state index contributed by atoms with van der Waals surface area (Å²) in [6.45, 7) is 1.92. The number of hydrogen-bond donors (Lipinski definition) is 0. The average molecular weight is 139 g/mol. The van der Waals surface area contributed by atoms with Gasteiger partial charge in [-0.25, -0.2) is 0 Å². The van der Waals surface area contributed by atoms with Crippen molar-refractivity contribution >= 4 is 11.5 Å². The summed E-state index contributed by atoms with van der Waals surface area (Å²) in [5.41, 5.74) is 0.982. The third-order valence-corrected chi connectivity index (χ3v) is 2.19. The highest BCUT2D eigenvalue weighted by Gasteiger charge is 2.40. The lowest BCUT2D eigenvalue weighted by atomic mass is 10.0. The van der Waals surface area contributed by atoms with Gasteiger partial charge in [-0.2, -0.15) is 0 Å². The second-order valence-corrected chi connectivity index (χ2v) is 2.93. The van der Waals surface area contributed by atoms with Crippen molar-refractivity contribution in [3.05, 3.63) is 0 Å². The number of carbonyl (C=O) groups excluding carboxylic acids is 1. The van der Waals surface area contributed by atoms with E-state index >= 15 is 0 Å². The summed E-state index contributed by atoms with van der Waals surface area (Å²) in [6, 6.07) is 0. The molecule has 0 aromatic carbocycles. The van der Waals surface area contributed by atoms with Gasteiger partial charge in [-0.1, -0.05) is 5.16 Å². The summed E-state index contributed by atoms with van der Waals surface area (Å²) in [6.07, 6.45) is 1.28. The summed E-state index contributed by atoms with van der Waals surface area (Å²) < 4.78 is 0. The quantitative estimate of drug-likeness (QED) is 0.496. The molecule has 3 nitrogen and oxygen atoms in total. The number of oxime groups is 1. The molecule has 54 valence electrons. The van der Waals surface area contributed by atoms with Gasteiger partial charge >= 0.3 is 0 Å². The number of ketones is 1. The maximum Gasteiger partial charge on any atom is 0.142 e. The highest BCUT2D eigenvalue weighted by atomic mass is 16.6. The number of nitrogens with zero attached hydrogens (tertiary/aromatic N) is 1. The van der Waals surface area contributed by atoms with E-state index in [4.69, 9.17) is 4.84 Å². The molecule has 1 aliphatic heterocycles. The number of fused-ring (bicyclic) bond motifs is 1. The van der Waals surface area contributed by atoms with Crippen LogP contribution in [0.1, 0.15) is 19.8 Å². The molecule has 1 fully saturated rings. The van der Waals surface area contributed by atoms with Crippen molar-refractivity contribution in [2.24, 2.45) is 11.1 Å². The number of hydrogen-bond acceptors (Lipinski definition) is 3. The number of carbonyl (C=O) groups is 1. The molecule has 1 saturated carbocycles. The zero-order valence-corrected chi connectivity index (χ0v) is 5.83. The molecule has 2 aliphatic rings. The SMILES string of the molecule is CC1=NO[C@@H]2CC(=O)C[C@H]12. The van der Waals surface area contributed by atoms with E-state index in [9.17, 15) is 4.79 Å². The minimum absolute atomic E-state index is 0.0764. The molecule has 0 N–H and O–H groups in total. The normalized spacial score (nSPS) is 37.3. The Labute approximate surface area is 59.0 Å². The van der Waals surface area contributed by atoms with E-state index in [0.29, 0.717) is 24.5 Å². The van der Waals surface area contributed by atoms with Crippen LogP contribution in [0.3, 0.4) is 0 Å². The lowest BCUT2D eigenvalue weighted by Gasteiger charge is -2.03. The number of rotatable bonds is 0. The monoisotopic (exact) mass is 139 g/mol. The first-order valence-corrected chi connectivity index (χ1v) is 3.49. The molecule has 3 heteroatoms. The van der Waals surface area contributed by atoms with Gasteiger partial charge in [-0.15, -0.1) is 0 Å².